The van der Waals surface area contributed by atoms with Crippen LogP contribution < -0.4 is 0 Å². The van der Waals surface area contributed by atoms with E-state index in [0.717, 1.165) is 0 Å². The molecule has 106 valence electrons. The summed E-state index contributed by atoms with van der Waals surface area (Å²) in [6.07, 6.45) is 0.656. The largest absolute Gasteiger partial charge is 0.203 e. The molecule has 0 aliphatic rings. The molecule has 0 N–H and O–H groups in total. The summed E-state index contributed by atoms with van der Waals surface area (Å²) in [4.78, 5) is 0. The number of hydrogen-bond acceptors (Lipinski definition) is 0. The van der Waals surface area contributed by atoms with Crippen molar-refractivity contribution in [2.75, 3.05) is 0 Å². The Kier molecular flexibility index (Phi) is 4.12. The molecule has 4 heteroatoms. The lowest BCUT2D eigenvalue weighted by Gasteiger charge is -2.10. The van der Waals surface area contributed by atoms with Crippen molar-refractivity contribution < 1.29 is 17.6 Å². The van der Waals surface area contributed by atoms with Gasteiger partial charge in [0.15, 0.2) is 23.3 Å². The molecule has 0 radical (unpaired) electrons. The minimum absolute atomic E-state index is 0.206. The molecule has 0 aliphatic carbocycles. The van der Waals surface area contributed by atoms with Gasteiger partial charge >= 0.3 is 0 Å². The van der Waals surface area contributed by atoms with Crippen LogP contribution in [0.1, 0.15) is 25.0 Å². The van der Waals surface area contributed by atoms with Crippen molar-refractivity contribution in [3.63, 3.8) is 0 Å². The summed E-state index contributed by atoms with van der Waals surface area (Å²) < 4.78 is 55.4. The Labute approximate surface area is 115 Å². The summed E-state index contributed by atoms with van der Waals surface area (Å²) in [5.74, 6) is -4.31. The van der Waals surface area contributed by atoms with Crippen LogP contribution in [-0.2, 0) is 12.8 Å². The second kappa shape index (κ2) is 5.65. The third kappa shape index (κ3) is 2.30. The molecule has 0 heterocycles. The average Bonchev–Trinajstić information content (AvgIpc) is 2.45. The molecule has 0 unspecified atom stereocenters. The van der Waals surface area contributed by atoms with E-state index < -0.39 is 23.3 Å². The minimum atomic E-state index is -1.15. The van der Waals surface area contributed by atoms with Crippen LogP contribution in [0.25, 0.3) is 11.1 Å². The van der Waals surface area contributed by atoms with E-state index in [-0.39, 0.29) is 22.3 Å². The molecule has 0 nitrogen and oxygen atoms in total. The number of hydrogen-bond donors (Lipinski definition) is 0. The van der Waals surface area contributed by atoms with Crippen molar-refractivity contribution in [2.45, 2.75) is 26.7 Å². The molecule has 0 saturated heterocycles. The molecular formula is C16H14F4. The van der Waals surface area contributed by atoms with Crippen molar-refractivity contribution in [2.24, 2.45) is 0 Å². The van der Waals surface area contributed by atoms with Gasteiger partial charge in [-0.25, -0.2) is 17.6 Å². The van der Waals surface area contributed by atoms with E-state index in [2.05, 4.69) is 0 Å². The fourth-order valence-corrected chi connectivity index (χ4v) is 2.14. The van der Waals surface area contributed by atoms with Gasteiger partial charge in [0.05, 0.1) is 0 Å². The van der Waals surface area contributed by atoms with Gasteiger partial charge in [-0.05, 0) is 24.0 Å². The van der Waals surface area contributed by atoms with Crippen LogP contribution in [0, 0.1) is 23.3 Å². The van der Waals surface area contributed by atoms with Crippen molar-refractivity contribution in [3.05, 3.63) is 58.7 Å². The standard InChI is InChI=1S/C16H14F4/c1-3-9-5-7-11(15(19)13(9)17)12-8-6-10(4-2)14(18)16(12)20/h5-8H,3-4H2,1-2H3. The van der Waals surface area contributed by atoms with E-state index in [0.29, 0.717) is 12.8 Å². The third-order valence-electron chi connectivity index (χ3n) is 3.38. The van der Waals surface area contributed by atoms with E-state index in [4.69, 9.17) is 0 Å². The monoisotopic (exact) mass is 282 g/mol. The lowest BCUT2D eigenvalue weighted by Crippen LogP contribution is -2.00. The van der Waals surface area contributed by atoms with E-state index in [1.165, 1.54) is 24.3 Å². The van der Waals surface area contributed by atoms with Gasteiger partial charge in [-0.2, -0.15) is 0 Å². The van der Waals surface area contributed by atoms with Gasteiger partial charge in [0, 0.05) is 11.1 Å². The number of halogens is 4. The summed E-state index contributed by atoms with van der Waals surface area (Å²) >= 11 is 0. The van der Waals surface area contributed by atoms with Crippen LogP contribution in [0.15, 0.2) is 24.3 Å². The zero-order valence-corrected chi connectivity index (χ0v) is 11.2. The second-order valence-electron chi connectivity index (χ2n) is 4.51. The fourth-order valence-electron chi connectivity index (χ4n) is 2.14. The molecule has 0 aliphatic heterocycles. The Morgan fingerprint density at radius 1 is 0.600 bits per heavy atom. The Morgan fingerprint density at radius 3 is 1.25 bits per heavy atom. The highest BCUT2D eigenvalue weighted by molar-refractivity contribution is 5.66. The molecule has 0 atom stereocenters. The Bertz CT molecular complexity index is 590. The maximum atomic E-state index is 14.0. The topological polar surface area (TPSA) is 0 Å². The zero-order valence-electron chi connectivity index (χ0n) is 11.2. The maximum absolute atomic E-state index is 14.0. The number of aryl methyl sites for hydroxylation is 2. The molecule has 2 rings (SSSR count). The van der Waals surface area contributed by atoms with Gasteiger partial charge in [-0.15, -0.1) is 0 Å². The first kappa shape index (κ1) is 14.6. The van der Waals surface area contributed by atoms with Crippen LogP contribution in [-0.4, -0.2) is 0 Å². The molecule has 2 aromatic carbocycles. The lowest BCUT2D eigenvalue weighted by molar-refractivity contribution is 0.493. The molecule has 20 heavy (non-hydrogen) atoms. The van der Waals surface area contributed by atoms with E-state index in [1.54, 1.807) is 13.8 Å². The van der Waals surface area contributed by atoms with Crippen molar-refractivity contribution in [1.29, 1.82) is 0 Å². The van der Waals surface area contributed by atoms with Gasteiger partial charge in [0.1, 0.15) is 0 Å². The molecule has 2 aromatic rings. The normalized spacial score (nSPS) is 10.9. The first-order valence-corrected chi connectivity index (χ1v) is 6.45. The van der Waals surface area contributed by atoms with Crippen LogP contribution >= 0.6 is 0 Å². The molecule has 0 saturated carbocycles. The lowest BCUT2D eigenvalue weighted by atomic mass is 9.99. The predicted molar refractivity (Wildman–Crippen MR) is 70.5 cm³/mol. The highest BCUT2D eigenvalue weighted by atomic mass is 19.2. The van der Waals surface area contributed by atoms with Crippen molar-refractivity contribution in [3.8, 4) is 11.1 Å². The van der Waals surface area contributed by atoms with Gasteiger partial charge in [0.2, 0.25) is 0 Å². The van der Waals surface area contributed by atoms with E-state index >= 15 is 0 Å². The molecule has 0 amide bonds. The highest BCUT2D eigenvalue weighted by Gasteiger charge is 2.19. The highest BCUT2D eigenvalue weighted by Crippen LogP contribution is 2.30. The smallest absolute Gasteiger partial charge is 0.167 e. The molecule has 0 aromatic heterocycles. The van der Waals surface area contributed by atoms with Crippen LogP contribution in [0.4, 0.5) is 17.6 Å². The number of rotatable bonds is 3. The summed E-state index contributed by atoms with van der Waals surface area (Å²) in [6, 6.07) is 5.33. The molecule has 0 fully saturated rings. The molecule has 0 bridgehead atoms. The van der Waals surface area contributed by atoms with Crippen LogP contribution in [0.5, 0.6) is 0 Å². The average molecular weight is 282 g/mol. The third-order valence-corrected chi connectivity index (χ3v) is 3.38. The first-order valence-electron chi connectivity index (χ1n) is 6.45. The van der Waals surface area contributed by atoms with Gasteiger partial charge in [-0.3, -0.25) is 0 Å². The predicted octanol–water partition coefficient (Wildman–Crippen LogP) is 5.03. The maximum Gasteiger partial charge on any atom is 0.167 e. The quantitative estimate of drug-likeness (QED) is 0.692. The van der Waals surface area contributed by atoms with E-state index in [9.17, 15) is 17.6 Å². The SMILES string of the molecule is CCc1ccc(-c2ccc(CC)c(F)c2F)c(F)c1F. The Morgan fingerprint density at radius 2 is 0.950 bits per heavy atom. The van der Waals surface area contributed by atoms with Gasteiger partial charge in [-0.1, -0.05) is 38.1 Å². The molecule has 0 spiro atoms. The van der Waals surface area contributed by atoms with Crippen molar-refractivity contribution in [1.82, 2.24) is 0 Å². The zero-order chi connectivity index (χ0) is 14.9. The molecular weight excluding hydrogens is 268 g/mol. The van der Waals surface area contributed by atoms with Crippen LogP contribution in [0.2, 0.25) is 0 Å². The summed E-state index contributed by atoms with van der Waals surface area (Å²) in [6.45, 7) is 3.38. The van der Waals surface area contributed by atoms with E-state index in [1.807, 2.05) is 0 Å². The van der Waals surface area contributed by atoms with Crippen molar-refractivity contribution >= 4 is 0 Å². The Hall–Kier alpha value is -1.84. The Balaban J connectivity index is 2.64. The van der Waals surface area contributed by atoms with Gasteiger partial charge in [0.25, 0.3) is 0 Å². The second-order valence-corrected chi connectivity index (χ2v) is 4.51. The van der Waals surface area contributed by atoms with Crippen LogP contribution in [0.3, 0.4) is 0 Å². The summed E-state index contributed by atoms with van der Waals surface area (Å²) in [5.41, 5.74) is -0.118. The van der Waals surface area contributed by atoms with Gasteiger partial charge < -0.3 is 0 Å². The summed E-state index contributed by atoms with van der Waals surface area (Å²) in [7, 11) is 0. The summed E-state index contributed by atoms with van der Waals surface area (Å²) in [5, 5.41) is 0. The minimum Gasteiger partial charge on any atom is -0.203 e. The fraction of sp³-hybridized carbons (Fsp3) is 0.250. The first-order chi connectivity index (χ1) is 9.51. The number of benzene rings is 2.